The van der Waals surface area contributed by atoms with Gasteiger partial charge in [0.05, 0.1) is 28.6 Å². The van der Waals surface area contributed by atoms with Crippen LogP contribution in [0.4, 0.5) is 0 Å². The summed E-state index contributed by atoms with van der Waals surface area (Å²) in [7, 11) is 0. The van der Waals surface area contributed by atoms with Crippen LogP contribution in [0, 0.1) is 0 Å². The third-order valence-electron chi connectivity index (χ3n) is 4.58. The largest absolute Gasteiger partial charge is 0.472 e. The van der Waals surface area contributed by atoms with Gasteiger partial charge in [0.1, 0.15) is 0 Å². The molecule has 0 amide bonds. The van der Waals surface area contributed by atoms with Gasteiger partial charge in [-0.2, -0.15) is 0 Å². The Balaban J connectivity index is 1.77. The molecule has 0 aliphatic carbocycles. The average Bonchev–Trinajstić information content (AvgIpc) is 3.21. The molecule has 124 valence electrons. The second-order valence-electron chi connectivity index (χ2n) is 6.16. The minimum Gasteiger partial charge on any atom is -0.472 e. The van der Waals surface area contributed by atoms with Crippen LogP contribution in [0.1, 0.15) is 29.3 Å². The molecule has 0 N–H and O–H groups in total. The molecule has 0 fully saturated rings. The first-order valence-electron chi connectivity index (χ1n) is 8.07. The lowest BCUT2D eigenvalue weighted by atomic mass is 10.0. The maximum atomic E-state index is 6.29. The lowest BCUT2D eigenvalue weighted by Gasteiger charge is -2.30. The van der Waals surface area contributed by atoms with Crippen LogP contribution in [0.25, 0.3) is 0 Å². The Labute approximate surface area is 151 Å². The number of rotatable bonds is 3. The van der Waals surface area contributed by atoms with Gasteiger partial charge in [0.15, 0.2) is 0 Å². The highest BCUT2D eigenvalue weighted by molar-refractivity contribution is 6.42. The van der Waals surface area contributed by atoms with Crippen LogP contribution in [-0.2, 0) is 13.1 Å². The topological polar surface area (TPSA) is 21.3 Å². The van der Waals surface area contributed by atoms with E-state index in [1.165, 1.54) is 11.3 Å². The summed E-state index contributed by atoms with van der Waals surface area (Å²) in [5.74, 6) is 0. The second kappa shape index (κ2) is 6.67. The summed E-state index contributed by atoms with van der Waals surface area (Å²) >= 11 is 12.4. The van der Waals surface area contributed by atoms with Crippen molar-refractivity contribution >= 4 is 23.2 Å². The van der Waals surface area contributed by atoms with Crippen molar-refractivity contribution in [3.05, 3.63) is 82.0 Å². The zero-order valence-corrected chi connectivity index (χ0v) is 14.7. The minimum absolute atomic E-state index is 0.146. The molecular formula is C19H18Cl2N2O. The van der Waals surface area contributed by atoms with Crippen LogP contribution in [0.2, 0.25) is 10.0 Å². The van der Waals surface area contributed by atoms with Gasteiger partial charge in [-0.3, -0.25) is 4.90 Å². The molecule has 0 saturated carbocycles. The summed E-state index contributed by atoms with van der Waals surface area (Å²) in [5.41, 5.74) is 3.63. The van der Waals surface area contributed by atoms with Gasteiger partial charge in [-0.15, -0.1) is 0 Å². The van der Waals surface area contributed by atoms with Gasteiger partial charge in [0.25, 0.3) is 0 Å². The molecule has 3 heterocycles. The van der Waals surface area contributed by atoms with Crippen molar-refractivity contribution in [3.63, 3.8) is 0 Å². The molecule has 1 aliphatic rings. The maximum absolute atomic E-state index is 6.29. The SMILES string of the molecule is Clc1ccc([C@H]2c3cccn3CCCN2Cc2ccoc2)cc1Cl. The van der Waals surface area contributed by atoms with Gasteiger partial charge < -0.3 is 8.98 Å². The number of aryl methyl sites for hydroxylation is 1. The number of nitrogens with zero attached hydrogens (tertiary/aromatic N) is 2. The molecular weight excluding hydrogens is 343 g/mol. The van der Waals surface area contributed by atoms with Crippen LogP contribution < -0.4 is 0 Å². The Kier molecular flexibility index (Phi) is 4.40. The van der Waals surface area contributed by atoms with E-state index in [4.69, 9.17) is 27.6 Å². The molecule has 0 saturated heterocycles. The molecule has 1 aromatic carbocycles. The van der Waals surface area contributed by atoms with E-state index in [1.807, 2.05) is 24.5 Å². The number of furan rings is 1. The number of hydrogen-bond acceptors (Lipinski definition) is 2. The number of fused-ring (bicyclic) bond motifs is 1. The molecule has 4 rings (SSSR count). The standard InChI is InChI=1S/C19H18Cl2N2O/c20-16-5-4-15(11-17(16)21)19-18-3-1-7-22(18)8-2-9-23(19)12-14-6-10-24-13-14/h1,3-7,10-11,13,19H,2,8-9,12H2/t19-/m0/s1. The summed E-state index contributed by atoms with van der Waals surface area (Å²) in [6.45, 7) is 2.88. The quantitative estimate of drug-likeness (QED) is 0.624. The fourth-order valence-electron chi connectivity index (χ4n) is 3.49. The highest BCUT2D eigenvalue weighted by Crippen LogP contribution is 2.35. The summed E-state index contributed by atoms with van der Waals surface area (Å²) in [6, 6.07) is 12.4. The highest BCUT2D eigenvalue weighted by Gasteiger charge is 2.28. The van der Waals surface area contributed by atoms with Crippen molar-refractivity contribution in [2.45, 2.75) is 25.6 Å². The minimum atomic E-state index is 0.146. The van der Waals surface area contributed by atoms with E-state index >= 15 is 0 Å². The van der Waals surface area contributed by atoms with E-state index in [-0.39, 0.29) is 6.04 Å². The molecule has 0 radical (unpaired) electrons. The van der Waals surface area contributed by atoms with Crippen molar-refractivity contribution < 1.29 is 4.42 Å². The lowest BCUT2D eigenvalue weighted by molar-refractivity contribution is 0.220. The molecule has 3 nitrogen and oxygen atoms in total. The summed E-state index contributed by atoms with van der Waals surface area (Å²) in [5, 5.41) is 1.19. The molecule has 24 heavy (non-hydrogen) atoms. The molecule has 3 aromatic rings. The predicted molar refractivity (Wildman–Crippen MR) is 96.5 cm³/mol. The molecule has 0 unspecified atom stereocenters. The van der Waals surface area contributed by atoms with Crippen LogP contribution in [0.15, 0.2) is 59.5 Å². The maximum Gasteiger partial charge on any atom is 0.0947 e. The Morgan fingerprint density at radius 1 is 1.08 bits per heavy atom. The lowest BCUT2D eigenvalue weighted by Crippen LogP contribution is -2.29. The first-order chi connectivity index (χ1) is 11.7. The Hall–Kier alpha value is -1.68. The number of aromatic nitrogens is 1. The Morgan fingerprint density at radius 3 is 2.79 bits per heavy atom. The first-order valence-corrected chi connectivity index (χ1v) is 8.83. The first kappa shape index (κ1) is 15.8. The van der Waals surface area contributed by atoms with E-state index in [9.17, 15) is 0 Å². The molecule has 0 spiro atoms. The van der Waals surface area contributed by atoms with Gasteiger partial charge >= 0.3 is 0 Å². The molecule has 2 aromatic heterocycles. The van der Waals surface area contributed by atoms with Gasteiger partial charge in [-0.05, 0) is 42.3 Å². The van der Waals surface area contributed by atoms with Gasteiger partial charge in [0, 0.05) is 37.1 Å². The third-order valence-corrected chi connectivity index (χ3v) is 5.32. The Bertz CT molecular complexity index is 826. The molecule has 0 bridgehead atoms. The molecule has 1 aliphatic heterocycles. The van der Waals surface area contributed by atoms with Crippen molar-refractivity contribution in [3.8, 4) is 0 Å². The van der Waals surface area contributed by atoms with Gasteiger partial charge in [-0.1, -0.05) is 29.3 Å². The fraction of sp³-hybridized carbons (Fsp3) is 0.263. The van der Waals surface area contributed by atoms with Crippen LogP contribution in [0.5, 0.6) is 0 Å². The van der Waals surface area contributed by atoms with Crippen molar-refractivity contribution in [1.82, 2.24) is 9.47 Å². The second-order valence-corrected chi connectivity index (χ2v) is 6.97. The summed E-state index contributed by atoms with van der Waals surface area (Å²) in [6.07, 6.45) is 6.80. The monoisotopic (exact) mass is 360 g/mol. The summed E-state index contributed by atoms with van der Waals surface area (Å²) in [4.78, 5) is 2.48. The predicted octanol–water partition coefficient (Wildman–Crippen LogP) is 5.38. The summed E-state index contributed by atoms with van der Waals surface area (Å²) < 4.78 is 7.58. The Morgan fingerprint density at radius 2 is 2.00 bits per heavy atom. The van der Waals surface area contributed by atoms with Crippen molar-refractivity contribution in [2.75, 3.05) is 6.54 Å². The van der Waals surface area contributed by atoms with Crippen LogP contribution in [0.3, 0.4) is 0 Å². The van der Waals surface area contributed by atoms with E-state index in [0.29, 0.717) is 10.0 Å². The van der Waals surface area contributed by atoms with Crippen LogP contribution in [-0.4, -0.2) is 16.0 Å². The number of halogens is 2. The van der Waals surface area contributed by atoms with Crippen LogP contribution >= 0.6 is 23.2 Å². The number of benzene rings is 1. The normalized spacial score (nSPS) is 18.3. The molecule has 1 atom stereocenters. The zero-order valence-electron chi connectivity index (χ0n) is 13.2. The van der Waals surface area contributed by atoms with E-state index in [2.05, 4.69) is 33.9 Å². The molecule has 5 heteroatoms. The van der Waals surface area contributed by atoms with Crippen molar-refractivity contribution in [2.24, 2.45) is 0 Å². The third kappa shape index (κ3) is 3.00. The zero-order chi connectivity index (χ0) is 16.5. The number of hydrogen-bond donors (Lipinski definition) is 0. The van der Waals surface area contributed by atoms with E-state index in [1.54, 1.807) is 6.26 Å². The average molecular weight is 361 g/mol. The highest BCUT2D eigenvalue weighted by atomic mass is 35.5. The fourth-order valence-corrected chi connectivity index (χ4v) is 3.80. The van der Waals surface area contributed by atoms with E-state index in [0.717, 1.165) is 31.6 Å². The van der Waals surface area contributed by atoms with Gasteiger partial charge in [-0.25, -0.2) is 0 Å². The van der Waals surface area contributed by atoms with E-state index < -0.39 is 0 Å². The van der Waals surface area contributed by atoms with Gasteiger partial charge in [0.2, 0.25) is 0 Å². The van der Waals surface area contributed by atoms with Crippen molar-refractivity contribution in [1.29, 1.82) is 0 Å². The smallest absolute Gasteiger partial charge is 0.0947 e.